The average Bonchev–Trinajstić information content (AvgIpc) is 2.65. The van der Waals surface area contributed by atoms with Crippen molar-refractivity contribution in [2.75, 3.05) is 37.9 Å². The molecule has 1 amide bonds. The second-order valence-corrected chi connectivity index (χ2v) is 4.29. The molecule has 1 aromatic carbocycles. The normalized spacial score (nSPS) is 14.4. The molecule has 6 heteroatoms. The third-order valence-corrected chi connectivity index (χ3v) is 3.05. The molecule has 0 saturated heterocycles. The van der Waals surface area contributed by atoms with E-state index in [0.717, 1.165) is 0 Å². The molecule has 2 N–H and O–H groups in total. The van der Waals surface area contributed by atoms with E-state index in [0.29, 0.717) is 24.3 Å². The Hall–Kier alpha value is -1.76. The van der Waals surface area contributed by atoms with Crippen LogP contribution in [-0.4, -0.2) is 59.8 Å². The van der Waals surface area contributed by atoms with Crippen molar-refractivity contribution in [3.8, 4) is 0 Å². The highest BCUT2D eigenvalue weighted by Crippen LogP contribution is 2.28. The van der Waals surface area contributed by atoms with Gasteiger partial charge < -0.3 is 10.2 Å². The first-order valence-corrected chi connectivity index (χ1v) is 6.08. The molecule has 0 aromatic heterocycles. The predicted molar refractivity (Wildman–Crippen MR) is 68.9 cm³/mol. The van der Waals surface area contributed by atoms with Crippen LogP contribution in [0.25, 0.3) is 0 Å². The number of hydrogen-bond acceptors (Lipinski definition) is 5. The highest BCUT2D eigenvalue weighted by atomic mass is 16.3. The van der Waals surface area contributed by atoms with Gasteiger partial charge in [-0.1, -0.05) is 12.1 Å². The molecule has 2 rings (SSSR count). The molecule has 6 nitrogen and oxygen atoms in total. The molecule has 102 valence electrons. The number of nitrogens with zero attached hydrogens (tertiary/aromatic N) is 2. The van der Waals surface area contributed by atoms with E-state index in [1.807, 2.05) is 0 Å². The van der Waals surface area contributed by atoms with Crippen LogP contribution >= 0.6 is 0 Å². The van der Waals surface area contributed by atoms with Crippen LogP contribution in [-0.2, 0) is 4.79 Å². The Morgan fingerprint density at radius 1 is 1.05 bits per heavy atom. The summed E-state index contributed by atoms with van der Waals surface area (Å²) in [6.07, 6.45) is 0. The number of para-hydroxylation sites is 1. The van der Waals surface area contributed by atoms with Crippen molar-refractivity contribution in [1.82, 2.24) is 4.90 Å². The molecular formula is C13H16N2O4. The lowest BCUT2D eigenvalue weighted by molar-refractivity contribution is -0.114. The first kappa shape index (κ1) is 13.7. The third-order valence-electron chi connectivity index (χ3n) is 3.05. The Kier molecular flexibility index (Phi) is 4.26. The van der Waals surface area contributed by atoms with Crippen molar-refractivity contribution in [2.24, 2.45) is 0 Å². The largest absolute Gasteiger partial charge is 0.395 e. The number of hydrogen-bond donors (Lipinski definition) is 2. The van der Waals surface area contributed by atoms with E-state index >= 15 is 0 Å². The van der Waals surface area contributed by atoms with Crippen molar-refractivity contribution < 1.29 is 19.8 Å². The standard InChI is InChI=1S/C13H16N2O4/c16-7-5-14(6-8-17)9-15-11-4-2-1-3-10(11)12(18)13(15)19/h1-4,16-17H,5-9H2. The predicted octanol–water partition coefficient (Wildman–Crippen LogP) is -0.540. The van der Waals surface area contributed by atoms with E-state index in [4.69, 9.17) is 10.2 Å². The number of ketones is 1. The van der Waals surface area contributed by atoms with E-state index in [9.17, 15) is 9.59 Å². The summed E-state index contributed by atoms with van der Waals surface area (Å²) in [5, 5.41) is 17.9. The number of carbonyl (C=O) groups is 2. The average molecular weight is 264 g/mol. The Labute approximate surface area is 110 Å². The maximum absolute atomic E-state index is 11.9. The topological polar surface area (TPSA) is 81.1 Å². The van der Waals surface area contributed by atoms with Gasteiger partial charge in [-0.25, -0.2) is 0 Å². The number of anilines is 1. The number of carbonyl (C=O) groups excluding carboxylic acids is 2. The summed E-state index contributed by atoms with van der Waals surface area (Å²) in [5.74, 6) is -1.08. The smallest absolute Gasteiger partial charge is 0.300 e. The molecule has 1 aliphatic heterocycles. The molecule has 1 aromatic rings. The number of aliphatic hydroxyl groups is 2. The number of rotatable bonds is 6. The monoisotopic (exact) mass is 264 g/mol. The third kappa shape index (κ3) is 2.65. The van der Waals surface area contributed by atoms with Gasteiger partial charge in [0.15, 0.2) is 0 Å². The summed E-state index contributed by atoms with van der Waals surface area (Å²) in [6.45, 7) is 0.708. The number of fused-ring (bicyclic) bond motifs is 1. The van der Waals surface area contributed by atoms with Gasteiger partial charge in [0.25, 0.3) is 5.78 Å². The number of aliphatic hydroxyl groups excluding tert-OH is 2. The summed E-state index contributed by atoms with van der Waals surface area (Å²) in [5.41, 5.74) is 0.985. The van der Waals surface area contributed by atoms with Crippen LogP contribution in [0.3, 0.4) is 0 Å². The minimum Gasteiger partial charge on any atom is -0.395 e. The Morgan fingerprint density at radius 2 is 1.68 bits per heavy atom. The van der Waals surface area contributed by atoms with Gasteiger partial charge in [0, 0.05) is 13.1 Å². The molecule has 0 unspecified atom stereocenters. The molecule has 0 aliphatic carbocycles. The summed E-state index contributed by atoms with van der Waals surface area (Å²) in [7, 11) is 0. The van der Waals surface area contributed by atoms with E-state index in [1.54, 1.807) is 29.2 Å². The van der Waals surface area contributed by atoms with Crippen LogP contribution in [0.15, 0.2) is 24.3 Å². The highest BCUT2D eigenvalue weighted by molar-refractivity contribution is 6.52. The Morgan fingerprint density at radius 3 is 2.32 bits per heavy atom. The van der Waals surface area contributed by atoms with Crippen molar-refractivity contribution in [3.05, 3.63) is 29.8 Å². The van der Waals surface area contributed by atoms with Crippen LogP contribution in [0.5, 0.6) is 0 Å². The second kappa shape index (κ2) is 5.92. The maximum atomic E-state index is 11.9. The molecular weight excluding hydrogens is 248 g/mol. The van der Waals surface area contributed by atoms with Gasteiger partial charge in [-0.2, -0.15) is 0 Å². The van der Waals surface area contributed by atoms with Crippen LogP contribution in [0.4, 0.5) is 5.69 Å². The molecule has 0 bridgehead atoms. The lowest BCUT2D eigenvalue weighted by Crippen LogP contribution is -2.43. The Balaban J connectivity index is 2.20. The van der Waals surface area contributed by atoms with E-state index in [1.165, 1.54) is 4.90 Å². The van der Waals surface area contributed by atoms with Crippen LogP contribution in [0.1, 0.15) is 10.4 Å². The number of benzene rings is 1. The van der Waals surface area contributed by atoms with Gasteiger partial charge >= 0.3 is 5.91 Å². The van der Waals surface area contributed by atoms with E-state index in [-0.39, 0.29) is 19.9 Å². The van der Waals surface area contributed by atoms with Crippen molar-refractivity contribution in [1.29, 1.82) is 0 Å². The minimum atomic E-state index is -0.568. The summed E-state index contributed by atoms with van der Waals surface area (Å²) in [6, 6.07) is 6.82. The molecule has 0 fully saturated rings. The maximum Gasteiger partial charge on any atom is 0.300 e. The molecule has 0 saturated carbocycles. The fourth-order valence-corrected chi connectivity index (χ4v) is 2.12. The minimum absolute atomic E-state index is 0.0718. The van der Waals surface area contributed by atoms with Gasteiger partial charge in [0.1, 0.15) is 0 Å². The van der Waals surface area contributed by atoms with E-state index in [2.05, 4.69) is 0 Å². The summed E-state index contributed by atoms with van der Waals surface area (Å²) in [4.78, 5) is 26.8. The number of amides is 1. The van der Waals surface area contributed by atoms with Crippen molar-refractivity contribution >= 4 is 17.4 Å². The molecule has 1 aliphatic rings. The first-order valence-electron chi connectivity index (χ1n) is 6.08. The zero-order valence-corrected chi connectivity index (χ0v) is 10.5. The van der Waals surface area contributed by atoms with Gasteiger partial charge in [-0.15, -0.1) is 0 Å². The Bertz CT molecular complexity index is 483. The van der Waals surface area contributed by atoms with Crippen LogP contribution in [0, 0.1) is 0 Å². The van der Waals surface area contributed by atoms with Crippen molar-refractivity contribution in [3.63, 3.8) is 0 Å². The SMILES string of the molecule is O=C1C(=O)N(CN(CCO)CCO)c2ccccc21. The zero-order chi connectivity index (χ0) is 13.8. The quantitative estimate of drug-likeness (QED) is 0.674. The highest BCUT2D eigenvalue weighted by Gasteiger charge is 2.35. The molecule has 0 spiro atoms. The zero-order valence-electron chi connectivity index (χ0n) is 10.5. The molecule has 19 heavy (non-hydrogen) atoms. The van der Waals surface area contributed by atoms with Gasteiger partial charge in [-0.05, 0) is 12.1 Å². The van der Waals surface area contributed by atoms with E-state index < -0.39 is 11.7 Å². The summed E-state index contributed by atoms with van der Waals surface area (Å²) < 4.78 is 0. The fraction of sp³-hybridized carbons (Fsp3) is 0.385. The lowest BCUT2D eigenvalue weighted by Gasteiger charge is -2.26. The van der Waals surface area contributed by atoms with Crippen LogP contribution < -0.4 is 4.90 Å². The second-order valence-electron chi connectivity index (χ2n) is 4.29. The van der Waals surface area contributed by atoms with Gasteiger partial charge in [-0.3, -0.25) is 19.4 Å². The summed E-state index contributed by atoms with van der Waals surface area (Å²) >= 11 is 0. The fourth-order valence-electron chi connectivity index (χ4n) is 2.12. The van der Waals surface area contributed by atoms with Crippen LogP contribution in [0.2, 0.25) is 0 Å². The van der Waals surface area contributed by atoms with Gasteiger partial charge in [0.2, 0.25) is 0 Å². The first-order chi connectivity index (χ1) is 9.19. The van der Waals surface area contributed by atoms with Gasteiger partial charge in [0.05, 0.1) is 31.1 Å². The lowest BCUT2D eigenvalue weighted by atomic mass is 10.1. The number of Topliss-reactive ketones (excluding diaryl/α,β-unsaturated/α-hetero) is 1. The van der Waals surface area contributed by atoms with Crippen molar-refractivity contribution in [2.45, 2.75) is 0 Å². The molecule has 1 heterocycles. The molecule has 0 atom stereocenters. The molecule has 0 radical (unpaired) electrons.